The topological polar surface area (TPSA) is 167 Å². The zero-order valence-corrected chi connectivity index (χ0v) is 33.2. The number of hydrogen-bond donors (Lipinski definition) is 4. The fourth-order valence-electron chi connectivity index (χ4n) is 7.40. The number of carbonyl (C=O) groups excluding carboxylic acids is 4. The van der Waals surface area contributed by atoms with Crippen molar-refractivity contribution in [2.75, 3.05) is 34.9 Å². The summed E-state index contributed by atoms with van der Waals surface area (Å²) in [5, 5.41) is 18.5. The van der Waals surface area contributed by atoms with Gasteiger partial charge in [-0.05, 0) is 43.2 Å². The number of carboxylic acid groups (broad SMARTS) is 1. The van der Waals surface area contributed by atoms with Gasteiger partial charge in [0.2, 0.25) is 23.6 Å². The van der Waals surface area contributed by atoms with Crippen molar-refractivity contribution in [1.82, 2.24) is 25.8 Å². The van der Waals surface area contributed by atoms with E-state index in [1.165, 1.54) is 14.2 Å². The molecule has 4 N–H and O–H groups in total. The zero-order valence-electron chi connectivity index (χ0n) is 33.2. The minimum absolute atomic E-state index is 0.0112. The van der Waals surface area contributed by atoms with Crippen molar-refractivity contribution in [1.29, 1.82) is 0 Å². The second kappa shape index (κ2) is 21.2. The Morgan fingerprint density at radius 2 is 1.54 bits per heavy atom. The van der Waals surface area contributed by atoms with Gasteiger partial charge in [0.05, 0.1) is 42.7 Å². The average molecular weight is 732 g/mol. The van der Waals surface area contributed by atoms with Gasteiger partial charge in [-0.3, -0.25) is 19.2 Å². The van der Waals surface area contributed by atoms with Gasteiger partial charge in [-0.25, -0.2) is 4.79 Å². The first-order valence-electron chi connectivity index (χ1n) is 18.7. The van der Waals surface area contributed by atoms with Gasteiger partial charge in [-0.1, -0.05) is 85.2 Å². The van der Waals surface area contributed by atoms with Crippen molar-refractivity contribution >= 4 is 29.6 Å². The molecule has 13 heteroatoms. The SMILES string of the molecule is CCC(C)C(C(CC(=O)N1CCCC1C(OC)C(C)C(=O)NC(Cc1ccccc1)C(=O)O)OC)N(C)C(=O)[C@@H](NC(=O)[C@@H](NC)C(C)C)C(C)C. The number of amides is 4. The molecule has 52 heavy (non-hydrogen) atoms. The van der Waals surface area contributed by atoms with Crippen LogP contribution in [0, 0.1) is 23.7 Å². The highest BCUT2D eigenvalue weighted by Gasteiger charge is 2.43. The lowest BCUT2D eigenvalue weighted by molar-refractivity contribution is -0.148. The summed E-state index contributed by atoms with van der Waals surface area (Å²) in [4.78, 5) is 70.3. The Kier molecular flexibility index (Phi) is 18.2. The first kappa shape index (κ1) is 44.6. The lowest BCUT2D eigenvalue weighted by Gasteiger charge is -2.41. The largest absolute Gasteiger partial charge is 0.480 e. The molecule has 0 aliphatic carbocycles. The van der Waals surface area contributed by atoms with Gasteiger partial charge < -0.3 is 40.3 Å². The van der Waals surface area contributed by atoms with Crippen molar-refractivity contribution < 1.29 is 38.6 Å². The monoisotopic (exact) mass is 731 g/mol. The summed E-state index contributed by atoms with van der Waals surface area (Å²) in [6.07, 6.45) is 0.818. The number of likely N-dealkylation sites (N-methyl/N-ethyl adjacent to an activating group) is 2. The molecule has 1 aliphatic heterocycles. The molecule has 9 atom stereocenters. The molecular weight excluding hydrogens is 666 g/mol. The number of nitrogens with zero attached hydrogens (tertiary/aromatic N) is 2. The van der Waals surface area contributed by atoms with Gasteiger partial charge in [0, 0.05) is 34.2 Å². The van der Waals surface area contributed by atoms with Crippen LogP contribution in [0.1, 0.15) is 79.7 Å². The van der Waals surface area contributed by atoms with Crippen LogP contribution in [0.25, 0.3) is 0 Å². The molecule has 2 rings (SSSR count). The van der Waals surface area contributed by atoms with Crippen molar-refractivity contribution in [3.8, 4) is 0 Å². The van der Waals surface area contributed by atoms with E-state index < -0.39 is 60.2 Å². The van der Waals surface area contributed by atoms with Crippen molar-refractivity contribution in [2.24, 2.45) is 23.7 Å². The molecule has 294 valence electrons. The molecule has 13 nitrogen and oxygen atoms in total. The summed E-state index contributed by atoms with van der Waals surface area (Å²) in [6, 6.07) is 5.84. The number of carboxylic acids is 1. The summed E-state index contributed by atoms with van der Waals surface area (Å²) < 4.78 is 11.8. The maximum absolute atomic E-state index is 14.1. The molecular formula is C39H65N5O8. The second-order valence-corrected chi connectivity index (χ2v) is 14.9. The van der Waals surface area contributed by atoms with Gasteiger partial charge in [0.1, 0.15) is 12.1 Å². The van der Waals surface area contributed by atoms with E-state index in [1.54, 1.807) is 30.8 Å². The van der Waals surface area contributed by atoms with Crippen LogP contribution >= 0.6 is 0 Å². The highest BCUT2D eigenvalue weighted by molar-refractivity contribution is 5.90. The highest BCUT2D eigenvalue weighted by Crippen LogP contribution is 2.29. The van der Waals surface area contributed by atoms with Crippen LogP contribution in [0.5, 0.6) is 0 Å². The number of rotatable bonds is 21. The maximum Gasteiger partial charge on any atom is 0.326 e. The molecule has 1 fully saturated rings. The quantitative estimate of drug-likeness (QED) is 0.149. The standard InChI is InChI=1S/C39H65N5O8/c1-12-25(6)34(43(9)38(48)33(24(4)5)42-37(47)32(40-8)23(2)3)30(51-10)22-31(45)44-20-16-19-29(44)35(52-11)26(7)36(46)41-28(39(49)50)21-27-17-14-13-15-18-27/h13-15,17-18,23-26,28-30,32-35,40H,12,16,19-22H2,1-11H3,(H,41,46)(H,42,47)(H,49,50)/t25?,26?,28?,29?,30?,32-,33-,34?,35?/m0/s1. The number of likely N-dealkylation sites (tertiary alicyclic amines) is 1. The zero-order chi connectivity index (χ0) is 39.3. The van der Waals surface area contributed by atoms with E-state index in [9.17, 15) is 29.1 Å². The van der Waals surface area contributed by atoms with E-state index in [1.807, 2.05) is 71.9 Å². The number of hydrogen-bond acceptors (Lipinski definition) is 8. The predicted octanol–water partition coefficient (Wildman–Crippen LogP) is 3.10. The molecule has 1 aromatic rings. The fraction of sp³-hybridized carbons (Fsp3) is 0.718. The van der Waals surface area contributed by atoms with Gasteiger partial charge in [0.25, 0.3) is 0 Å². The minimum atomic E-state index is -1.14. The molecule has 1 heterocycles. The van der Waals surface area contributed by atoms with Gasteiger partial charge in [-0.15, -0.1) is 0 Å². The second-order valence-electron chi connectivity index (χ2n) is 14.9. The van der Waals surface area contributed by atoms with Gasteiger partial charge >= 0.3 is 5.97 Å². The Morgan fingerprint density at radius 3 is 2.04 bits per heavy atom. The Morgan fingerprint density at radius 1 is 0.923 bits per heavy atom. The number of methoxy groups -OCH3 is 2. The maximum atomic E-state index is 14.1. The van der Waals surface area contributed by atoms with Gasteiger partial charge in [0.15, 0.2) is 0 Å². The average Bonchev–Trinajstić information content (AvgIpc) is 3.59. The number of ether oxygens (including phenoxy) is 2. The number of aliphatic carboxylic acids is 1. The van der Waals surface area contributed by atoms with E-state index in [0.717, 1.165) is 12.0 Å². The van der Waals surface area contributed by atoms with Crippen LogP contribution in [-0.4, -0.2) is 122 Å². The first-order valence-corrected chi connectivity index (χ1v) is 18.7. The van der Waals surface area contributed by atoms with E-state index in [0.29, 0.717) is 19.4 Å². The Bertz CT molecular complexity index is 1310. The molecule has 0 spiro atoms. The third-order valence-corrected chi connectivity index (χ3v) is 10.6. The normalized spacial score (nSPS) is 19.2. The summed E-state index contributed by atoms with van der Waals surface area (Å²) >= 11 is 0. The van der Waals surface area contributed by atoms with Crippen LogP contribution in [-0.2, 0) is 39.9 Å². The molecule has 7 unspecified atom stereocenters. The Labute approximate surface area is 310 Å². The lowest BCUT2D eigenvalue weighted by Crippen LogP contribution is -2.59. The van der Waals surface area contributed by atoms with E-state index >= 15 is 0 Å². The van der Waals surface area contributed by atoms with Crippen LogP contribution < -0.4 is 16.0 Å². The number of carbonyl (C=O) groups is 5. The molecule has 0 saturated carbocycles. The molecule has 1 aromatic carbocycles. The third-order valence-electron chi connectivity index (χ3n) is 10.6. The fourth-order valence-corrected chi connectivity index (χ4v) is 7.40. The number of benzene rings is 1. The van der Waals surface area contributed by atoms with Crippen molar-refractivity contribution in [3.63, 3.8) is 0 Å². The molecule has 1 aliphatic rings. The number of nitrogens with one attached hydrogen (secondary N) is 3. The third kappa shape index (κ3) is 11.7. The summed E-state index contributed by atoms with van der Waals surface area (Å²) in [5.74, 6) is -3.27. The van der Waals surface area contributed by atoms with Crippen LogP contribution in [0.2, 0.25) is 0 Å². The van der Waals surface area contributed by atoms with Crippen LogP contribution in [0.15, 0.2) is 30.3 Å². The Hall–Kier alpha value is -3.55. The van der Waals surface area contributed by atoms with Crippen LogP contribution in [0.3, 0.4) is 0 Å². The predicted molar refractivity (Wildman–Crippen MR) is 200 cm³/mol. The molecule has 0 bridgehead atoms. The van der Waals surface area contributed by atoms with E-state index in [4.69, 9.17) is 9.47 Å². The molecule has 1 saturated heterocycles. The summed E-state index contributed by atoms with van der Waals surface area (Å²) in [6.45, 7) is 13.9. The van der Waals surface area contributed by atoms with Crippen molar-refractivity contribution in [2.45, 2.75) is 123 Å². The highest BCUT2D eigenvalue weighted by atomic mass is 16.5. The molecule has 0 aromatic heterocycles. The smallest absolute Gasteiger partial charge is 0.326 e. The van der Waals surface area contributed by atoms with Gasteiger partial charge in [-0.2, -0.15) is 0 Å². The lowest BCUT2D eigenvalue weighted by atomic mass is 9.89. The summed E-state index contributed by atoms with van der Waals surface area (Å²) in [5.41, 5.74) is 0.785. The first-order chi connectivity index (χ1) is 24.5. The van der Waals surface area contributed by atoms with Crippen molar-refractivity contribution in [3.05, 3.63) is 35.9 Å². The molecule has 4 amide bonds. The molecule has 0 radical (unpaired) electrons. The van der Waals surface area contributed by atoms with E-state index in [2.05, 4.69) is 16.0 Å². The Balaban J connectivity index is 2.26. The summed E-state index contributed by atoms with van der Waals surface area (Å²) in [7, 11) is 6.46. The minimum Gasteiger partial charge on any atom is -0.480 e. The van der Waals surface area contributed by atoms with Crippen LogP contribution in [0.4, 0.5) is 0 Å². The van der Waals surface area contributed by atoms with E-state index in [-0.39, 0.29) is 48.3 Å².